The number of hydrogen-bond donors (Lipinski definition) is 1. The zero-order chi connectivity index (χ0) is 18.3. The number of benzene rings is 2. The molecule has 2 heterocycles. The first-order valence-electron chi connectivity index (χ1n) is 8.05. The monoisotopic (exact) mass is 399 g/mol. The fourth-order valence-electron chi connectivity index (χ4n) is 2.80. The molecule has 6 heteroatoms. The van der Waals surface area contributed by atoms with Crippen molar-refractivity contribution < 1.29 is 0 Å². The lowest BCUT2D eigenvalue weighted by atomic mass is 10.0. The maximum atomic E-state index is 6.13. The van der Waals surface area contributed by atoms with Crippen LogP contribution in [-0.4, -0.2) is 9.97 Å². The molecule has 1 N–H and O–H groups in total. The Morgan fingerprint density at radius 2 is 1.77 bits per heavy atom. The van der Waals surface area contributed by atoms with Crippen molar-refractivity contribution in [2.45, 2.75) is 13.8 Å². The highest BCUT2D eigenvalue weighted by molar-refractivity contribution is 7.17. The van der Waals surface area contributed by atoms with E-state index in [9.17, 15) is 0 Å². The van der Waals surface area contributed by atoms with E-state index in [4.69, 9.17) is 23.2 Å². The van der Waals surface area contributed by atoms with Crippen LogP contribution in [0.4, 0.5) is 11.5 Å². The van der Waals surface area contributed by atoms with E-state index in [1.807, 2.05) is 6.07 Å². The van der Waals surface area contributed by atoms with E-state index < -0.39 is 0 Å². The lowest BCUT2D eigenvalue weighted by Crippen LogP contribution is -1.95. The molecule has 0 aliphatic rings. The van der Waals surface area contributed by atoms with Gasteiger partial charge >= 0.3 is 0 Å². The zero-order valence-electron chi connectivity index (χ0n) is 14.2. The van der Waals surface area contributed by atoms with E-state index in [-0.39, 0.29) is 0 Å². The van der Waals surface area contributed by atoms with Gasteiger partial charge in [0, 0.05) is 16.6 Å². The Morgan fingerprint density at radius 3 is 2.54 bits per heavy atom. The third kappa shape index (κ3) is 3.16. The number of hydrogen-bond acceptors (Lipinski definition) is 4. The molecule has 4 rings (SSSR count). The minimum Gasteiger partial charge on any atom is -0.340 e. The smallest absolute Gasteiger partial charge is 0.143 e. The summed E-state index contributed by atoms with van der Waals surface area (Å²) in [4.78, 5) is 9.82. The zero-order valence-corrected chi connectivity index (χ0v) is 16.5. The third-order valence-electron chi connectivity index (χ3n) is 4.37. The molecule has 0 radical (unpaired) electrons. The Morgan fingerprint density at radius 1 is 0.923 bits per heavy atom. The van der Waals surface area contributed by atoms with Gasteiger partial charge in [0.1, 0.15) is 17.0 Å². The van der Waals surface area contributed by atoms with Crippen LogP contribution in [-0.2, 0) is 0 Å². The Hall–Kier alpha value is -2.14. The molecule has 130 valence electrons. The minimum absolute atomic E-state index is 0.502. The van der Waals surface area contributed by atoms with Crippen molar-refractivity contribution in [3.05, 3.63) is 69.3 Å². The van der Waals surface area contributed by atoms with Crippen LogP contribution in [0.5, 0.6) is 0 Å². The summed E-state index contributed by atoms with van der Waals surface area (Å²) in [6.07, 6.45) is 1.57. The molecule has 0 atom stereocenters. The van der Waals surface area contributed by atoms with E-state index in [2.05, 4.69) is 52.7 Å². The van der Waals surface area contributed by atoms with Crippen LogP contribution in [0.1, 0.15) is 11.1 Å². The number of rotatable bonds is 3. The van der Waals surface area contributed by atoms with Crippen molar-refractivity contribution in [2.75, 3.05) is 5.32 Å². The third-order valence-corrected chi connectivity index (χ3v) is 6.00. The second-order valence-electron chi connectivity index (χ2n) is 6.10. The number of fused-ring (bicyclic) bond motifs is 1. The minimum atomic E-state index is 0.502. The number of anilines is 2. The molecule has 4 aromatic rings. The summed E-state index contributed by atoms with van der Waals surface area (Å²) >= 11 is 13.8. The first-order valence-corrected chi connectivity index (χ1v) is 9.68. The molecule has 0 saturated heterocycles. The van der Waals surface area contributed by atoms with Gasteiger partial charge in [-0.3, -0.25) is 0 Å². The molecule has 0 spiro atoms. The van der Waals surface area contributed by atoms with Gasteiger partial charge in [-0.2, -0.15) is 0 Å². The summed E-state index contributed by atoms with van der Waals surface area (Å²) in [6, 6.07) is 11.9. The van der Waals surface area contributed by atoms with Gasteiger partial charge in [-0.1, -0.05) is 41.4 Å². The first-order chi connectivity index (χ1) is 12.5. The maximum Gasteiger partial charge on any atom is 0.143 e. The summed E-state index contributed by atoms with van der Waals surface area (Å²) in [7, 11) is 0. The lowest BCUT2D eigenvalue weighted by Gasteiger charge is -2.10. The van der Waals surface area contributed by atoms with Gasteiger partial charge in [-0.25, -0.2) is 9.97 Å². The second-order valence-corrected chi connectivity index (χ2v) is 7.78. The van der Waals surface area contributed by atoms with E-state index in [0.29, 0.717) is 10.0 Å². The highest BCUT2D eigenvalue weighted by Gasteiger charge is 2.14. The summed E-state index contributed by atoms with van der Waals surface area (Å²) < 4.78 is 0. The number of aryl methyl sites for hydroxylation is 2. The molecule has 2 aromatic carbocycles. The van der Waals surface area contributed by atoms with E-state index in [1.165, 1.54) is 11.1 Å². The normalized spacial score (nSPS) is 11.1. The molecule has 0 aliphatic heterocycles. The molecule has 3 nitrogen and oxygen atoms in total. The highest BCUT2D eigenvalue weighted by atomic mass is 35.5. The van der Waals surface area contributed by atoms with Gasteiger partial charge in [-0.05, 0) is 48.7 Å². The predicted octanol–water partition coefficient (Wildman–Crippen LogP) is 7.03. The standard InChI is InChI=1S/C20H15Cl2N3S/c1-11-3-4-13(7-12(11)2)15-9-26-20-18(15)19(23-10-24-20)25-14-5-6-16(21)17(22)8-14/h3-10H,1-2H3,(H,23,24,25). The Bertz CT molecular complexity index is 1120. The molecule has 0 saturated carbocycles. The number of nitrogens with zero attached hydrogens (tertiary/aromatic N) is 2. The lowest BCUT2D eigenvalue weighted by molar-refractivity contribution is 1.23. The molecule has 0 unspecified atom stereocenters. The van der Waals surface area contributed by atoms with Gasteiger partial charge in [0.15, 0.2) is 0 Å². The Kier molecular flexibility index (Phi) is 4.57. The molecule has 0 aliphatic carbocycles. The summed E-state index contributed by atoms with van der Waals surface area (Å²) in [6.45, 7) is 4.24. The van der Waals surface area contributed by atoms with Crippen LogP contribution in [0.3, 0.4) is 0 Å². The number of nitrogens with one attached hydrogen (secondary N) is 1. The molecule has 0 bridgehead atoms. The highest BCUT2D eigenvalue weighted by Crippen LogP contribution is 2.38. The second kappa shape index (κ2) is 6.88. The first kappa shape index (κ1) is 17.3. The molecule has 0 fully saturated rings. The van der Waals surface area contributed by atoms with Gasteiger partial charge in [0.2, 0.25) is 0 Å². The van der Waals surface area contributed by atoms with Crippen LogP contribution in [0, 0.1) is 13.8 Å². The van der Waals surface area contributed by atoms with Crippen molar-refractivity contribution in [3.63, 3.8) is 0 Å². The van der Waals surface area contributed by atoms with Crippen molar-refractivity contribution in [1.82, 2.24) is 9.97 Å². The number of halogens is 2. The van der Waals surface area contributed by atoms with E-state index >= 15 is 0 Å². The average Bonchev–Trinajstić information content (AvgIpc) is 3.06. The molecular formula is C20H15Cl2N3S. The number of thiophene rings is 1. The van der Waals surface area contributed by atoms with E-state index in [1.54, 1.807) is 29.8 Å². The van der Waals surface area contributed by atoms with Gasteiger partial charge < -0.3 is 5.32 Å². The van der Waals surface area contributed by atoms with Crippen LogP contribution in [0.2, 0.25) is 10.0 Å². The van der Waals surface area contributed by atoms with Gasteiger partial charge in [0.05, 0.1) is 15.4 Å². The largest absolute Gasteiger partial charge is 0.340 e. The summed E-state index contributed by atoms with van der Waals surface area (Å²) in [5, 5.41) is 7.51. The van der Waals surface area contributed by atoms with Crippen LogP contribution >= 0.6 is 34.5 Å². The summed E-state index contributed by atoms with van der Waals surface area (Å²) in [5.74, 6) is 0.753. The molecule has 2 aromatic heterocycles. The fourth-order valence-corrected chi connectivity index (χ4v) is 4.02. The van der Waals surface area contributed by atoms with Crippen molar-refractivity contribution in [2.24, 2.45) is 0 Å². The molecular weight excluding hydrogens is 385 g/mol. The van der Waals surface area contributed by atoms with Gasteiger partial charge in [-0.15, -0.1) is 11.3 Å². The van der Waals surface area contributed by atoms with Crippen LogP contribution in [0.25, 0.3) is 21.3 Å². The van der Waals surface area contributed by atoms with E-state index in [0.717, 1.165) is 32.8 Å². The van der Waals surface area contributed by atoms with Gasteiger partial charge in [0.25, 0.3) is 0 Å². The Labute approximate surface area is 165 Å². The maximum absolute atomic E-state index is 6.13. The average molecular weight is 400 g/mol. The number of aromatic nitrogens is 2. The Balaban J connectivity index is 1.84. The molecule has 26 heavy (non-hydrogen) atoms. The van der Waals surface area contributed by atoms with Crippen molar-refractivity contribution in [3.8, 4) is 11.1 Å². The molecule has 0 amide bonds. The van der Waals surface area contributed by atoms with Crippen LogP contribution < -0.4 is 5.32 Å². The SMILES string of the molecule is Cc1ccc(-c2csc3ncnc(Nc4ccc(Cl)c(Cl)c4)c23)cc1C. The van der Waals surface area contributed by atoms with Crippen molar-refractivity contribution >= 4 is 56.3 Å². The quantitative estimate of drug-likeness (QED) is 0.401. The van der Waals surface area contributed by atoms with Crippen molar-refractivity contribution in [1.29, 1.82) is 0 Å². The predicted molar refractivity (Wildman–Crippen MR) is 112 cm³/mol. The summed E-state index contributed by atoms with van der Waals surface area (Å²) in [5.41, 5.74) is 5.65. The fraction of sp³-hybridized carbons (Fsp3) is 0.100. The topological polar surface area (TPSA) is 37.8 Å². The van der Waals surface area contributed by atoms with Crippen LogP contribution in [0.15, 0.2) is 48.1 Å².